The summed E-state index contributed by atoms with van der Waals surface area (Å²) in [6, 6.07) is 16.3. The number of nitrogens with zero attached hydrogens (tertiary/aromatic N) is 2. The Bertz CT molecular complexity index is 732. The summed E-state index contributed by atoms with van der Waals surface area (Å²) >= 11 is 0. The highest BCUT2D eigenvalue weighted by Gasteiger charge is 2.17. The summed E-state index contributed by atoms with van der Waals surface area (Å²) in [5.41, 5.74) is 3.89. The van der Waals surface area contributed by atoms with Crippen LogP contribution in [0, 0.1) is 13.8 Å². The smallest absolute Gasteiger partial charge is 0.119 e. The normalized spacial score (nSPS) is 16.1. The molecule has 0 amide bonds. The number of aliphatic hydroxyl groups excluding tert-OH is 1. The molecule has 2 aromatic rings. The minimum absolute atomic E-state index is 0.296. The van der Waals surface area contributed by atoms with Gasteiger partial charge in [0.1, 0.15) is 18.5 Å². The van der Waals surface area contributed by atoms with Gasteiger partial charge in [0.05, 0.1) is 13.2 Å². The molecule has 1 saturated heterocycles. The number of morpholine rings is 1. The maximum atomic E-state index is 10.6. The molecule has 1 fully saturated rings. The van der Waals surface area contributed by atoms with E-state index in [1.807, 2.05) is 30.3 Å². The predicted molar refractivity (Wildman–Crippen MR) is 116 cm³/mol. The van der Waals surface area contributed by atoms with Crippen molar-refractivity contribution in [3.63, 3.8) is 0 Å². The zero-order chi connectivity index (χ0) is 20.5. The minimum Gasteiger partial charge on any atom is -0.491 e. The summed E-state index contributed by atoms with van der Waals surface area (Å²) in [4.78, 5) is 4.78. The lowest BCUT2D eigenvalue weighted by Gasteiger charge is -2.31. The Morgan fingerprint density at radius 1 is 1.10 bits per heavy atom. The maximum absolute atomic E-state index is 10.6. The molecule has 158 valence electrons. The zero-order valence-electron chi connectivity index (χ0n) is 17.7. The quantitative estimate of drug-likeness (QED) is 0.667. The Labute approximate surface area is 174 Å². The van der Waals surface area contributed by atoms with E-state index in [1.54, 1.807) is 0 Å². The SMILES string of the molecule is Cc1ccc(C)c(CN(CCN2CCOCC2)C[C@H](O)COc2ccccc2)c1. The molecule has 5 nitrogen and oxygen atoms in total. The summed E-state index contributed by atoms with van der Waals surface area (Å²) in [5.74, 6) is 0.793. The molecule has 0 unspecified atom stereocenters. The van der Waals surface area contributed by atoms with Gasteiger partial charge in [0.2, 0.25) is 0 Å². The lowest BCUT2D eigenvalue weighted by molar-refractivity contribution is 0.0255. The lowest BCUT2D eigenvalue weighted by atomic mass is 10.0. The highest BCUT2D eigenvalue weighted by atomic mass is 16.5. The largest absolute Gasteiger partial charge is 0.491 e. The van der Waals surface area contributed by atoms with Crippen LogP contribution in [0.25, 0.3) is 0 Å². The average Bonchev–Trinajstić information content (AvgIpc) is 2.74. The van der Waals surface area contributed by atoms with E-state index in [9.17, 15) is 5.11 Å². The Kier molecular flexibility index (Phi) is 8.50. The molecule has 5 heteroatoms. The average molecular weight is 399 g/mol. The van der Waals surface area contributed by atoms with Crippen molar-refractivity contribution in [3.05, 3.63) is 65.2 Å². The Hall–Kier alpha value is -1.92. The van der Waals surface area contributed by atoms with Gasteiger partial charge in [-0.05, 0) is 37.1 Å². The molecule has 0 aromatic heterocycles. The topological polar surface area (TPSA) is 45.2 Å². The third-order valence-electron chi connectivity index (χ3n) is 5.39. The Morgan fingerprint density at radius 2 is 1.86 bits per heavy atom. The van der Waals surface area contributed by atoms with Gasteiger partial charge in [-0.15, -0.1) is 0 Å². The van der Waals surface area contributed by atoms with E-state index < -0.39 is 6.10 Å². The highest BCUT2D eigenvalue weighted by Crippen LogP contribution is 2.15. The number of benzene rings is 2. The number of para-hydroxylation sites is 1. The number of rotatable bonds is 10. The first-order valence-corrected chi connectivity index (χ1v) is 10.5. The summed E-state index contributed by atoms with van der Waals surface area (Å²) < 4.78 is 11.2. The van der Waals surface area contributed by atoms with Gasteiger partial charge < -0.3 is 14.6 Å². The monoisotopic (exact) mass is 398 g/mol. The van der Waals surface area contributed by atoms with Crippen molar-refractivity contribution < 1.29 is 14.6 Å². The van der Waals surface area contributed by atoms with Gasteiger partial charge in [-0.1, -0.05) is 42.0 Å². The number of hydrogen-bond donors (Lipinski definition) is 1. The first kappa shape index (κ1) is 21.8. The van der Waals surface area contributed by atoms with Crippen LogP contribution < -0.4 is 4.74 Å². The fourth-order valence-corrected chi connectivity index (χ4v) is 3.61. The van der Waals surface area contributed by atoms with Crippen molar-refractivity contribution in [2.75, 3.05) is 52.5 Å². The van der Waals surface area contributed by atoms with Crippen LogP contribution in [-0.2, 0) is 11.3 Å². The third-order valence-corrected chi connectivity index (χ3v) is 5.39. The van der Waals surface area contributed by atoms with Crippen LogP contribution in [-0.4, -0.2) is 73.6 Å². The second-order valence-corrected chi connectivity index (χ2v) is 7.90. The van der Waals surface area contributed by atoms with E-state index in [4.69, 9.17) is 9.47 Å². The van der Waals surface area contributed by atoms with E-state index in [2.05, 4.69) is 41.8 Å². The molecule has 0 spiro atoms. The third kappa shape index (κ3) is 7.44. The zero-order valence-corrected chi connectivity index (χ0v) is 17.7. The second-order valence-electron chi connectivity index (χ2n) is 7.90. The molecule has 1 N–H and O–H groups in total. The van der Waals surface area contributed by atoms with E-state index in [1.165, 1.54) is 16.7 Å². The van der Waals surface area contributed by atoms with Gasteiger partial charge in [-0.25, -0.2) is 0 Å². The van der Waals surface area contributed by atoms with Crippen molar-refractivity contribution in [3.8, 4) is 5.75 Å². The van der Waals surface area contributed by atoms with Crippen LogP contribution in [0.15, 0.2) is 48.5 Å². The number of hydrogen-bond acceptors (Lipinski definition) is 5. The van der Waals surface area contributed by atoms with E-state index in [0.717, 1.165) is 51.7 Å². The second kappa shape index (κ2) is 11.3. The Morgan fingerprint density at radius 3 is 2.62 bits per heavy atom. The summed E-state index contributed by atoms with van der Waals surface area (Å²) in [6.45, 7) is 11.5. The number of ether oxygens (including phenoxy) is 2. The maximum Gasteiger partial charge on any atom is 0.119 e. The van der Waals surface area contributed by atoms with Gasteiger partial charge in [-0.3, -0.25) is 9.80 Å². The van der Waals surface area contributed by atoms with Crippen molar-refractivity contribution in [2.24, 2.45) is 0 Å². The van der Waals surface area contributed by atoms with Crippen molar-refractivity contribution >= 4 is 0 Å². The number of aliphatic hydroxyl groups is 1. The van der Waals surface area contributed by atoms with Gasteiger partial charge in [0.15, 0.2) is 0 Å². The van der Waals surface area contributed by atoms with Gasteiger partial charge in [0.25, 0.3) is 0 Å². The van der Waals surface area contributed by atoms with E-state index in [0.29, 0.717) is 13.2 Å². The Balaban J connectivity index is 1.58. The van der Waals surface area contributed by atoms with Crippen molar-refractivity contribution in [2.45, 2.75) is 26.5 Å². The molecule has 29 heavy (non-hydrogen) atoms. The van der Waals surface area contributed by atoms with Crippen LogP contribution in [0.2, 0.25) is 0 Å². The summed E-state index contributed by atoms with van der Waals surface area (Å²) in [6.07, 6.45) is -0.537. The van der Waals surface area contributed by atoms with Gasteiger partial charge >= 0.3 is 0 Å². The molecule has 2 aromatic carbocycles. The molecule has 0 aliphatic carbocycles. The van der Waals surface area contributed by atoms with E-state index >= 15 is 0 Å². The first-order chi connectivity index (χ1) is 14.1. The van der Waals surface area contributed by atoms with Gasteiger partial charge in [0, 0.05) is 39.3 Å². The fourth-order valence-electron chi connectivity index (χ4n) is 3.61. The van der Waals surface area contributed by atoms with E-state index in [-0.39, 0.29) is 0 Å². The highest BCUT2D eigenvalue weighted by molar-refractivity contribution is 5.30. The summed E-state index contributed by atoms with van der Waals surface area (Å²) in [7, 11) is 0. The predicted octanol–water partition coefficient (Wildman–Crippen LogP) is 2.88. The molecule has 1 atom stereocenters. The van der Waals surface area contributed by atoms with Crippen molar-refractivity contribution in [1.82, 2.24) is 9.80 Å². The molecule has 0 bridgehead atoms. The van der Waals surface area contributed by atoms with Crippen LogP contribution in [0.1, 0.15) is 16.7 Å². The fraction of sp³-hybridized carbons (Fsp3) is 0.500. The molecular weight excluding hydrogens is 364 g/mol. The molecule has 1 aliphatic heterocycles. The lowest BCUT2D eigenvalue weighted by Crippen LogP contribution is -2.43. The molecular formula is C24H34N2O3. The van der Waals surface area contributed by atoms with Crippen LogP contribution in [0.4, 0.5) is 0 Å². The van der Waals surface area contributed by atoms with Crippen LogP contribution in [0.3, 0.4) is 0 Å². The standard InChI is InChI=1S/C24H34N2O3/c1-20-8-9-21(2)22(16-20)17-26(11-10-25-12-14-28-15-13-25)18-23(27)19-29-24-6-4-3-5-7-24/h3-9,16,23,27H,10-15,17-19H2,1-2H3/t23-/m0/s1. The van der Waals surface area contributed by atoms with Crippen LogP contribution >= 0.6 is 0 Å². The minimum atomic E-state index is -0.537. The molecule has 1 aliphatic rings. The molecule has 0 radical (unpaired) electrons. The van der Waals surface area contributed by atoms with Crippen molar-refractivity contribution in [1.29, 1.82) is 0 Å². The first-order valence-electron chi connectivity index (χ1n) is 10.5. The summed E-state index contributed by atoms with van der Waals surface area (Å²) in [5, 5.41) is 10.6. The van der Waals surface area contributed by atoms with Gasteiger partial charge in [-0.2, -0.15) is 0 Å². The molecule has 1 heterocycles. The molecule has 3 rings (SSSR count). The van der Waals surface area contributed by atoms with Crippen LogP contribution in [0.5, 0.6) is 5.75 Å². The number of aryl methyl sites for hydroxylation is 2. The molecule has 0 saturated carbocycles.